The number of phosphoric acid groups is 1. The molecule has 11 nitrogen and oxygen atoms in total. The third kappa shape index (κ3) is 31.7. The molecule has 0 aromatic rings. The standard InChI is InChI=1S/C38H58NO10P/c1-3-5-7-9-11-13-15-17-19-21-23-25-27-29-36(40)46-31-34(32-47-50(44,45)48-33-35(39)38(42)43)49-37(41)30-28-26-24-22-20-18-16-14-12-10-8-6-4-2/h5-17,19,21,23,34-35H,3-4,18,20,22,24-33,39H2,1-2H3,(H,42,43)(H,44,45)/b7-5+,8-6+,11-9+,12-10+,15-13+,16-14+,19-17+,23-21+/t34?,35-/m0/s1. The monoisotopic (exact) mass is 719 g/mol. The van der Waals surface area contributed by atoms with Gasteiger partial charge in [0.15, 0.2) is 6.10 Å². The van der Waals surface area contributed by atoms with Crippen molar-refractivity contribution in [1.82, 2.24) is 0 Å². The zero-order valence-corrected chi connectivity index (χ0v) is 30.6. The largest absolute Gasteiger partial charge is 0.480 e. The number of rotatable bonds is 30. The number of carbonyl (C=O) groups excluding carboxylic acids is 2. The number of unbranched alkanes of at least 4 members (excludes halogenated alkanes) is 6. The molecule has 0 aliphatic rings. The van der Waals surface area contributed by atoms with E-state index in [0.717, 1.165) is 44.9 Å². The van der Waals surface area contributed by atoms with Crippen LogP contribution in [0.3, 0.4) is 0 Å². The van der Waals surface area contributed by atoms with E-state index in [9.17, 15) is 23.8 Å². The number of hydrogen-bond donors (Lipinski definition) is 3. The maximum Gasteiger partial charge on any atom is 0.472 e. The fourth-order valence-corrected chi connectivity index (χ4v) is 4.58. The number of carbonyl (C=O) groups is 3. The highest BCUT2D eigenvalue weighted by atomic mass is 31.2. The first-order valence-electron chi connectivity index (χ1n) is 17.4. The number of phosphoric ester groups is 1. The number of ether oxygens (including phenoxy) is 2. The van der Waals surface area contributed by atoms with Crippen LogP contribution in [0.2, 0.25) is 0 Å². The first-order valence-corrected chi connectivity index (χ1v) is 18.9. The Kier molecular flexibility index (Phi) is 30.2. The number of aliphatic carboxylic acids is 1. The Morgan fingerprint density at radius 3 is 1.64 bits per heavy atom. The number of esters is 2. The second-order valence-corrected chi connectivity index (χ2v) is 12.5. The normalized spacial score (nSPS) is 15.1. The Hall–Kier alpha value is -3.60. The molecule has 3 atom stereocenters. The Balaban J connectivity index is 4.68. The summed E-state index contributed by atoms with van der Waals surface area (Å²) < 4.78 is 32.4. The van der Waals surface area contributed by atoms with Crippen LogP contribution in [0.5, 0.6) is 0 Å². The lowest BCUT2D eigenvalue weighted by Crippen LogP contribution is -2.34. The van der Waals surface area contributed by atoms with Gasteiger partial charge in [0.05, 0.1) is 13.2 Å². The summed E-state index contributed by atoms with van der Waals surface area (Å²) in [6, 6.07) is -1.54. The van der Waals surface area contributed by atoms with Crippen LogP contribution >= 0.6 is 7.82 Å². The smallest absolute Gasteiger partial charge is 0.472 e. The van der Waals surface area contributed by atoms with Crippen molar-refractivity contribution in [3.05, 3.63) is 97.2 Å². The van der Waals surface area contributed by atoms with Gasteiger partial charge in [-0.15, -0.1) is 0 Å². The summed E-state index contributed by atoms with van der Waals surface area (Å²) in [5.74, 6) is -2.52. The molecule has 0 bridgehead atoms. The van der Waals surface area contributed by atoms with Crippen molar-refractivity contribution >= 4 is 25.7 Å². The van der Waals surface area contributed by atoms with Gasteiger partial charge in [-0.25, -0.2) is 4.57 Å². The Morgan fingerprint density at radius 2 is 1.08 bits per heavy atom. The molecule has 0 rings (SSSR count). The highest BCUT2D eigenvalue weighted by Gasteiger charge is 2.28. The number of nitrogens with two attached hydrogens (primary N) is 1. The van der Waals surface area contributed by atoms with Crippen molar-refractivity contribution in [3.8, 4) is 0 Å². The van der Waals surface area contributed by atoms with E-state index in [1.165, 1.54) is 0 Å². The molecule has 280 valence electrons. The average molecular weight is 720 g/mol. The second-order valence-electron chi connectivity index (χ2n) is 11.1. The van der Waals surface area contributed by atoms with Gasteiger partial charge in [0.2, 0.25) is 0 Å². The van der Waals surface area contributed by atoms with Crippen LogP contribution in [0.25, 0.3) is 0 Å². The molecule has 2 unspecified atom stereocenters. The molecule has 0 heterocycles. The van der Waals surface area contributed by atoms with Gasteiger partial charge in [-0.2, -0.15) is 0 Å². The summed E-state index contributed by atoms with van der Waals surface area (Å²) >= 11 is 0. The lowest BCUT2D eigenvalue weighted by atomic mass is 10.1. The van der Waals surface area contributed by atoms with E-state index >= 15 is 0 Å². The summed E-state index contributed by atoms with van der Waals surface area (Å²) in [5.41, 5.74) is 5.30. The van der Waals surface area contributed by atoms with Gasteiger partial charge in [0.1, 0.15) is 12.6 Å². The maximum atomic E-state index is 12.5. The molecule has 0 saturated carbocycles. The molecule has 0 fully saturated rings. The minimum absolute atomic E-state index is 0.114. The van der Waals surface area contributed by atoms with Crippen LogP contribution in [0.4, 0.5) is 0 Å². The third-order valence-electron chi connectivity index (χ3n) is 6.52. The van der Waals surface area contributed by atoms with Crippen molar-refractivity contribution in [2.24, 2.45) is 5.73 Å². The molecule has 0 aliphatic heterocycles. The molecule has 0 radical (unpaired) electrons. The lowest BCUT2D eigenvalue weighted by molar-refractivity contribution is -0.161. The molecule has 0 aromatic carbocycles. The average Bonchev–Trinajstić information content (AvgIpc) is 3.09. The van der Waals surface area contributed by atoms with Gasteiger partial charge in [-0.3, -0.25) is 23.4 Å². The van der Waals surface area contributed by atoms with Gasteiger partial charge in [-0.05, 0) is 44.9 Å². The van der Waals surface area contributed by atoms with E-state index in [0.29, 0.717) is 19.3 Å². The van der Waals surface area contributed by atoms with Crippen molar-refractivity contribution in [3.63, 3.8) is 0 Å². The number of carboxylic acids is 1. The zero-order chi connectivity index (χ0) is 37.1. The highest BCUT2D eigenvalue weighted by Crippen LogP contribution is 2.43. The summed E-state index contributed by atoms with van der Waals surface area (Å²) in [5, 5.41) is 8.84. The van der Waals surface area contributed by atoms with Crippen LogP contribution in [-0.2, 0) is 37.5 Å². The molecule has 0 aliphatic carbocycles. The molecular formula is C38H58NO10P. The summed E-state index contributed by atoms with van der Waals surface area (Å²) in [7, 11) is -4.74. The van der Waals surface area contributed by atoms with Crippen molar-refractivity contribution in [1.29, 1.82) is 0 Å². The maximum absolute atomic E-state index is 12.5. The van der Waals surface area contributed by atoms with Crippen molar-refractivity contribution in [2.45, 2.75) is 103 Å². The zero-order valence-electron chi connectivity index (χ0n) is 29.7. The number of allylic oxidation sites excluding steroid dienone is 16. The molecule has 0 amide bonds. The molecule has 50 heavy (non-hydrogen) atoms. The fraction of sp³-hybridized carbons (Fsp3) is 0.500. The molecular weight excluding hydrogens is 661 g/mol. The predicted octanol–water partition coefficient (Wildman–Crippen LogP) is 8.16. The van der Waals surface area contributed by atoms with Crippen LogP contribution < -0.4 is 5.73 Å². The first kappa shape index (κ1) is 46.4. The first-order chi connectivity index (χ1) is 24.1. The van der Waals surface area contributed by atoms with Crippen LogP contribution in [0.1, 0.15) is 90.9 Å². The van der Waals surface area contributed by atoms with E-state index in [4.69, 9.17) is 24.8 Å². The van der Waals surface area contributed by atoms with E-state index in [-0.39, 0.29) is 12.8 Å². The molecule has 0 saturated heterocycles. The second kappa shape index (κ2) is 32.6. The minimum Gasteiger partial charge on any atom is -0.480 e. The van der Waals surface area contributed by atoms with Crippen LogP contribution in [0.15, 0.2) is 97.2 Å². The summed E-state index contributed by atoms with van der Waals surface area (Å²) in [4.78, 5) is 45.6. The van der Waals surface area contributed by atoms with Gasteiger partial charge >= 0.3 is 25.7 Å². The van der Waals surface area contributed by atoms with Gasteiger partial charge in [0, 0.05) is 12.8 Å². The van der Waals surface area contributed by atoms with Crippen LogP contribution in [-0.4, -0.2) is 59.9 Å². The van der Waals surface area contributed by atoms with Crippen LogP contribution in [0, 0.1) is 0 Å². The van der Waals surface area contributed by atoms with Gasteiger partial charge < -0.3 is 25.2 Å². The number of hydrogen-bond acceptors (Lipinski definition) is 9. The Morgan fingerprint density at radius 1 is 0.620 bits per heavy atom. The summed E-state index contributed by atoms with van der Waals surface area (Å²) in [6.45, 7) is 2.37. The molecule has 4 N–H and O–H groups in total. The quantitative estimate of drug-likeness (QED) is 0.0283. The van der Waals surface area contributed by atoms with Crippen molar-refractivity contribution in [2.75, 3.05) is 19.8 Å². The Labute approximate surface area is 298 Å². The highest BCUT2D eigenvalue weighted by molar-refractivity contribution is 7.47. The fourth-order valence-electron chi connectivity index (χ4n) is 3.80. The van der Waals surface area contributed by atoms with E-state index in [1.807, 2.05) is 79.0 Å². The SMILES string of the molecule is CC/C=C/C=C/C=C/C=C/C=C/CCCC(=O)OCC(COP(=O)(O)OC[C@H](N)C(=O)O)OC(=O)CCCCCCC/C=C/C=C/C=C/CC. The van der Waals surface area contributed by atoms with E-state index < -0.39 is 57.7 Å². The van der Waals surface area contributed by atoms with Gasteiger partial charge in [-0.1, -0.05) is 130 Å². The van der Waals surface area contributed by atoms with E-state index in [1.54, 1.807) is 0 Å². The van der Waals surface area contributed by atoms with Gasteiger partial charge in [0.25, 0.3) is 0 Å². The molecule has 12 heteroatoms. The Bertz CT molecular complexity index is 1220. The van der Waals surface area contributed by atoms with Crippen molar-refractivity contribution < 1.29 is 47.5 Å². The minimum atomic E-state index is -4.74. The summed E-state index contributed by atoms with van der Waals surface area (Å²) in [6.07, 6.45) is 39.3. The molecule has 0 spiro atoms. The van der Waals surface area contributed by atoms with E-state index in [2.05, 4.69) is 36.6 Å². The molecule has 0 aromatic heterocycles. The number of carboxylic acid groups (broad SMARTS) is 1. The third-order valence-corrected chi connectivity index (χ3v) is 7.47. The lowest BCUT2D eigenvalue weighted by Gasteiger charge is -2.20. The topological polar surface area (TPSA) is 172 Å². The predicted molar refractivity (Wildman–Crippen MR) is 198 cm³/mol.